The van der Waals surface area contributed by atoms with Crippen LogP contribution >= 0.6 is 0 Å². The number of aryl methyl sites for hydroxylation is 1. The Morgan fingerprint density at radius 1 is 0.412 bits per heavy atom. The zero-order valence-electron chi connectivity index (χ0n) is 76.4. The molecule has 0 radical (unpaired) electrons. The topological polar surface area (TPSA) is 485 Å². The van der Waals surface area contributed by atoms with Crippen LogP contribution in [-0.4, -0.2) is 353 Å². The predicted octanol–water partition coefficient (Wildman–Crippen LogP) is 3.11. The molecule has 12 amide bonds. The Bertz CT molecular complexity index is 4940. The van der Waals surface area contributed by atoms with Gasteiger partial charge in [0.1, 0.15) is 65.1 Å². The Kier molecular flexibility index (Phi) is 29.0. The second-order valence-electron chi connectivity index (χ2n) is 37.2. The van der Waals surface area contributed by atoms with E-state index in [1.54, 1.807) is 0 Å². The molecule has 0 aliphatic carbocycles. The molecule has 22 rings (SSSR count). The van der Waals surface area contributed by atoms with Gasteiger partial charge in [0.05, 0.1) is 91.7 Å². The summed E-state index contributed by atoms with van der Waals surface area (Å²) in [6.07, 6.45) is 18.5. The molecular formula is C88H131N30O13+. The molecule has 13 N–H and O–H groups in total. The second kappa shape index (κ2) is 41.4. The smallest absolute Gasteiger partial charge is 0.320 e. The molecule has 15 aliphatic heterocycles. The lowest BCUT2D eigenvalue weighted by molar-refractivity contribution is -0.671. The fraction of sp³-hybridized carbons (Fsp3) is 0.659. The Labute approximate surface area is 762 Å². The van der Waals surface area contributed by atoms with Gasteiger partial charge in [-0.25, -0.2) is 33.3 Å². The number of amides is 12. The second-order valence-corrected chi connectivity index (χ2v) is 37.2. The van der Waals surface area contributed by atoms with Crippen molar-refractivity contribution in [1.82, 2.24) is 127 Å². The van der Waals surface area contributed by atoms with Crippen LogP contribution in [0.1, 0.15) is 176 Å². The van der Waals surface area contributed by atoms with E-state index < -0.39 is 0 Å². The van der Waals surface area contributed by atoms with Crippen molar-refractivity contribution < 1.29 is 65.2 Å². The molecule has 7 aromatic heterocycles. The summed E-state index contributed by atoms with van der Waals surface area (Å²) in [5.41, 5.74) is 22.2. The van der Waals surface area contributed by atoms with E-state index in [1.807, 2.05) is 174 Å². The minimum atomic E-state index is 0.0334. The highest BCUT2D eigenvalue weighted by Crippen LogP contribution is 2.44. The minimum Gasteiger partial charge on any atom is -0.370 e. The zero-order chi connectivity index (χ0) is 91.1. The number of nitrogens with one attached hydrogen (secondary N) is 7. The Morgan fingerprint density at radius 3 is 1.08 bits per heavy atom. The van der Waals surface area contributed by atoms with E-state index in [-0.39, 0.29) is 84.5 Å². The lowest BCUT2D eigenvalue weighted by atomic mass is 9.98. The quantitative estimate of drug-likeness (QED) is 0.0146. The molecule has 0 saturated carbocycles. The normalized spacial score (nSPS) is 26.4. The third-order valence-electron chi connectivity index (χ3n) is 28.8. The van der Waals surface area contributed by atoms with Gasteiger partial charge < -0.3 is 145 Å². The summed E-state index contributed by atoms with van der Waals surface area (Å²) in [7, 11) is 13.3. The van der Waals surface area contributed by atoms with Crippen LogP contribution in [0.2, 0.25) is 0 Å². The first-order valence-corrected chi connectivity index (χ1v) is 46.8. The summed E-state index contributed by atoms with van der Waals surface area (Å²) >= 11 is 0. The van der Waals surface area contributed by atoms with Crippen molar-refractivity contribution in [2.75, 3.05) is 167 Å². The van der Waals surface area contributed by atoms with Gasteiger partial charge in [0.15, 0.2) is 35.6 Å². The van der Waals surface area contributed by atoms with E-state index >= 15 is 0 Å². The third kappa shape index (κ3) is 20.8. The highest BCUT2D eigenvalue weighted by atomic mass is 16.5. The summed E-state index contributed by atoms with van der Waals surface area (Å²) in [4.78, 5) is 99.9. The molecule has 0 unspecified atom stereocenters. The fourth-order valence-electron chi connectivity index (χ4n) is 20.2. The summed E-state index contributed by atoms with van der Waals surface area (Å²) in [5, 5.41) is 48.1. The molecule has 0 spiro atoms. The molecule has 22 heterocycles. The van der Waals surface area contributed by atoms with Crippen LogP contribution in [0.4, 0.5) is 28.8 Å². The molecule has 710 valence electrons. The number of carbonyl (C=O) groups is 6. The van der Waals surface area contributed by atoms with E-state index in [0.717, 1.165) is 275 Å². The number of ether oxygens (including phenoxy) is 1. The monoisotopic (exact) mass is 1820 g/mol. The Morgan fingerprint density at radius 2 is 0.733 bits per heavy atom. The molecule has 12 bridgehead atoms. The van der Waals surface area contributed by atoms with Crippen LogP contribution in [0.25, 0.3) is 11.3 Å². The maximum Gasteiger partial charge on any atom is 0.320 e. The number of aliphatic imine (C=N–C) groups is 1. The largest absolute Gasteiger partial charge is 0.370 e. The first-order valence-electron chi connectivity index (χ1n) is 46.8. The summed E-state index contributed by atoms with van der Waals surface area (Å²) in [5.74, 6) is 5.01. The first-order chi connectivity index (χ1) is 63.6. The molecule has 12 atom stereocenters. The summed E-state index contributed by atoms with van der Waals surface area (Å²) in [6.45, 7) is 17.1. The van der Waals surface area contributed by atoms with Gasteiger partial charge in [0.2, 0.25) is 0 Å². The predicted molar refractivity (Wildman–Crippen MR) is 476 cm³/mol. The van der Waals surface area contributed by atoms with Gasteiger partial charge in [-0.1, -0.05) is 30.9 Å². The van der Waals surface area contributed by atoms with E-state index in [9.17, 15) is 28.8 Å². The van der Waals surface area contributed by atoms with Crippen LogP contribution in [-0.2, 0) is 44.2 Å². The van der Waals surface area contributed by atoms with Crippen molar-refractivity contribution in [3.05, 3.63) is 124 Å². The Hall–Kier alpha value is -11.1. The number of nitrogens with zero attached hydrogens (tertiary/aromatic N) is 20. The summed E-state index contributed by atoms with van der Waals surface area (Å²) < 4.78 is 40.2. The number of nitrogens with two attached hydrogens (primary N) is 3. The van der Waals surface area contributed by atoms with Crippen molar-refractivity contribution in [3.63, 3.8) is 0 Å². The number of pyridine rings is 1. The van der Waals surface area contributed by atoms with Crippen LogP contribution in [0.15, 0.2) is 93.1 Å². The number of hydrogen-bond donors (Lipinski definition) is 10. The van der Waals surface area contributed by atoms with Crippen LogP contribution in [0.3, 0.4) is 0 Å². The lowest BCUT2D eigenvalue weighted by Crippen LogP contribution is -2.55. The zero-order valence-corrected chi connectivity index (χ0v) is 76.4. The molecule has 15 saturated heterocycles. The highest BCUT2D eigenvalue weighted by Gasteiger charge is 2.50. The van der Waals surface area contributed by atoms with Gasteiger partial charge in [-0.2, -0.15) is 0 Å². The van der Waals surface area contributed by atoms with Crippen molar-refractivity contribution >= 4 is 42.1 Å². The molecule has 43 heteroatoms. The van der Waals surface area contributed by atoms with Crippen molar-refractivity contribution in [2.24, 2.45) is 29.2 Å². The molecule has 7 aromatic rings. The van der Waals surface area contributed by atoms with E-state index in [0.29, 0.717) is 81.1 Å². The van der Waals surface area contributed by atoms with Crippen molar-refractivity contribution in [1.29, 1.82) is 0 Å². The molecule has 43 nitrogen and oxygen atoms in total. The van der Waals surface area contributed by atoms with E-state index in [1.165, 1.54) is 0 Å². The number of rotatable bonds is 28. The van der Waals surface area contributed by atoms with E-state index in [4.69, 9.17) is 49.1 Å². The lowest BCUT2D eigenvalue weighted by Gasteiger charge is -2.29. The van der Waals surface area contributed by atoms with E-state index in [2.05, 4.69) is 73.1 Å². The Balaban J connectivity index is 0.000000110. The average Bonchev–Trinajstić information content (AvgIpc) is 1.65. The molecular weight excluding hydrogens is 1690 g/mol. The molecule has 15 aliphatic rings. The molecule has 0 aromatic carbocycles. The summed E-state index contributed by atoms with van der Waals surface area (Å²) in [6, 6.07) is 20.1. The number of fused-ring (bicyclic) bond motifs is 12. The number of likely N-dealkylation sites (N-methyl/N-ethyl adjacent to an activating group) is 6. The maximum absolute atomic E-state index is 12.3. The van der Waals surface area contributed by atoms with Crippen molar-refractivity contribution in [3.8, 4) is 11.3 Å². The van der Waals surface area contributed by atoms with Crippen molar-refractivity contribution in [2.45, 2.75) is 200 Å². The number of hydrogen-bond acceptors (Lipinski definition) is 28. The number of aromatic nitrogens is 7. The number of carbonyl (C=O) groups excluding carboxylic acids is 6. The maximum atomic E-state index is 12.3. The number of guanidine groups is 1. The van der Waals surface area contributed by atoms with Gasteiger partial charge in [0, 0.05) is 246 Å². The third-order valence-corrected chi connectivity index (χ3v) is 28.8. The standard InChI is InChI=1S/C16H19N4O2.C15H25N7O2.C15H23N5O2.C14H21N5O2.C14H23N5O2.C14H20N4O3/c1-18-7-5-11(6-8-18)15-9-13(17-22-15)14-4-3-12-10-20(14)16(21)19(12)2;1-21-10-2-3-13(22(9-10)15(21)23)12-8-11(24-20-12)4-5-18-6-7-19-14(16)17;1-19-11-2-3-14(20(9-11)15(19)21)13-6-12(22-18-13)4-5-17-10-7-16-8-10;1-18-10-2-3-13(19(8-10)14(18)20)12-4-11(21-17-12)7-16-9-5-15-6-9;1-18-10-2-3-13(19(9-10)14(18)20)12-8-11(21-17-12)4-6-16-7-5-15;1-17-9-2-3-13(18(7-9)14(17)19)12-4-10(21-16-12)8-20-11-5-15-6-11/h5-9,12,14H,3-4,10H2,1-2H3;8,10,13,18H,2-7,9H2,1H3,(H4,16,17,19);6,10-11,14,16-17H,2-5,7-9H2,1H3;4,9-10,13,15-16H,2-3,5-8H2,1H3;8,10,13,16H,2-7,9,15H2,1H3;4,9,11,13,15H,2-3,5-8H2,1H3/q+1;;;;;/t12-,14+;10-,13+;11-,14+;2*10-,13+;9-,13+/m111111/s1. The van der Waals surface area contributed by atoms with Crippen LogP contribution in [0, 0.1) is 0 Å². The highest BCUT2D eigenvalue weighted by molar-refractivity contribution is 5.81. The van der Waals surface area contributed by atoms with Gasteiger partial charge in [-0.05, 0) is 77.0 Å². The number of urea groups is 6. The minimum absolute atomic E-state index is 0.0334. The van der Waals surface area contributed by atoms with Gasteiger partial charge in [0.25, 0.3) is 0 Å². The van der Waals surface area contributed by atoms with Gasteiger partial charge in [-0.15, -0.1) is 0 Å². The van der Waals surface area contributed by atoms with Crippen LogP contribution in [0.5, 0.6) is 0 Å². The fourth-order valence-corrected chi connectivity index (χ4v) is 20.2. The molecule has 15 fully saturated rings. The first kappa shape index (κ1) is 91.8. The van der Waals surface area contributed by atoms with Crippen LogP contribution < -0.4 is 59.0 Å². The van der Waals surface area contributed by atoms with Gasteiger partial charge in [-0.3, -0.25) is 4.99 Å². The molecule has 131 heavy (non-hydrogen) atoms. The SMILES string of the molecule is CN1C(=O)N2C[C@H]1CC[C@H]2c1cc(-c2cc[n+](C)cc2)on1.CN1C(=O)N2C[C@H]1CC[C@H]2c1cc(CCNC2CNC2)on1.CN1C(=O)N2C[C@H]1CC[C@H]2c1cc(CCNCCN)on1.CN1C(=O)N2C[C@H]1CC[C@H]2c1cc(CCNCCN=C(N)N)on1.CN1C(=O)N2C[C@H]1CC[C@H]2c1cc(CNC2CNC2)on1.CN1C(=O)N2C[C@H]1CC[C@H]2c1cc(COC2CNC2)on1. The average molecular weight is 1820 g/mol. The van der Waals surface area contributed by atoms with Gasteiger partial charge >= 0.3 is 36.2 Å². The number of piperidine rings is 6.